The molecule has 0 radical (unpaired) electrons. The lowest BCUT2D eigenvalue weighted by Crippen LogP contribution is -2.33. The molecule has 2 heteroatoms. The Balaban J connectivity index is 2.23. The average Bonchev–Trinajstić information content (AvgIpc) is 2.54. The molecule has 0 aliphatic rings. The van der Waals surface area contributed by atoms with E-state index in [4.69, 9.17) is 0 Å². The maximum atomic E-state index is 12.4. The minimum atomic E-state index is -0.0841. The van der Waals surface area contributed by atoms with Gasteiger partial charge in [-0.25, -0.2) is 0 Å². The van der Waals surface area contributed by atoms with Crippen molar-refractivity contribution < 1.29 is 4.79 Å². The van der Waals surface area contributed by atoms with Crippen LogP contribution in [0.15, 0.2) is 60.7 Å². The van der Waals surface area contributed by atoms with E-state index in [0.717, 1.165) is 24.0 Å². The highest BCUT2D eigenvalue weighted by atomic mass is 16.1. The quantitative estimate of drug-likeness (QED) is 0.839. The second-order valence-corrected chi connectivity index (χ2v) is 5.45. The maximum Gasteiger partial charge on any atom is 0.223 e. The molecule has 2 nitrogen and oxygen atoms in total. The van der Waals surface area contributed by atoms with Crippen LogP contribution < -0.4 is 5.32 Å². The predicted octanol–water partition coefficient (Wildman–Crippen LogP) is 4.33. The van der Waals surface area contributed by atoms with Gasteiger partial charge in [-0.1, -0.05) is 80.9 Å². The summed E-state index contributed by atoms with van der Waals surface area (Å²) in [6.07, 6.45) is 1.94. The molecule has 110 valence electrons. The van der Waals surface area contributed by atoms with Gasteiger partial charge < -0.3 is 5.32 Å². The number of rotatable bonds is 6. The third-order valence-electron chi connectivity index (χ3n) is 3.72. The first-order chi connectivity index (χ1) is 10.2. The predicted molar refractivity (Wildman–Crippen MR) is 86.9 cm³/mol. The molecular weight excluding hydrogens is 258 g/mol. The Morgan fingerprint density at radius 3 is 1.86 bits per heavy atom. The molecule has 0 saturated heterocycles. The molecule has 1 N–H and O–H groups in total. The number of benzene rings is 2. The number of hydrogen-bond donors (Lipinski definition) is 1. The topological polar surface area (TPSA) is 29.1 Å². The SMILES string of the molecule is CCC[C@@H](C)C(=O)NC(c1ccccc1)c1ccccc1. The van der Waals surface area contributed by atoms with Gasteiger partial charge in [0.15, 0.2) is 0 Å². The number of nitrogens with one attached hydrogen (secondary N) is 1. The monoisotopic (exact) mass is 281 g/mol. The van der Waals surface area contributed by atoms with Crippen LogP contribution in [0.3, 0.4) is 0 Å². The van der Waals surface area contributed by atoms with Crippen LogP contribution in [0.5, 0.6) is 0 Å². The van der Waals surface area contributed by atoms with Crippen molar-refractivity contribution in [1.29, 1.82) is 0 Å². The molecule has 2 aromatic rings. The molecule has 1 atom stereocenters. The molecule has 0 aliphatic carbocycles. The van der Waals surface area contributed by atoms with Gasteiger partial charge in [-0.2, -0.15) is 0 Å². The Labute approximate surface area is 127 Å². The minimum Gasteiger partial charge on any atom is -0.345 e. The lowest BCUT2D eigenvalue weighted by Gasteiger charge is -2.22. The van der Waals surface area contributed by atoms with E-state index in [1.54, 1.807) is 0 Å². The van der Waals surface area contributed by atoms with Crippen LogP contribution in [-0.4, -0.2) is 5.91 Å². The molecule has 2 aromatic carbocycles. The van der Waals surface area contributed by atoms with Gasteiger partial charge in [0.05, 0.1) is 6.04 Å². The summed E-state index contributed by atoms with van der Waals surface area (Å²) < 4.78 is 0. The van der Waals surface area contributed by atoms with Crippen LogP contribution in [0.4, 0.5) is 0 Å². The van der Waals surface area contributed by atoms with Gasteiger partial charge in [0.1, 0.15) is 0 Å². The van der Waals surface area contributed by atoms with Crippen LogP contribution >= 0.6 is 0 Å². The molecular formula is C19H23NO. The third kappa shape index (κ3) is 4.19. The van der Waals surface area contributed by atoms with Crippen molar-refractivity contribution in [2.45, 2.75) is 32.7 Å². The third-order valence-corrected chi connectivity index (χ3v) is 3.72. The van der Waals surface area contributed by atoms with Crippen molar-refractivity contribution >= 4 is 5.91 Å². The van der Waals surface area contributed by atoms with Crippen LogP contribution in [0.2, 0.25) is 0 Å². The molecule has 0 aromatic heterocycles. The zero-order chi connectivity index (χ0) is 15.1. The average molecular weight is 281 g/mol. The fraction of sp³-hybridized carbons (Fsp3) is 0.316. The van der Waals surface area contributed by atoms with Crippen LogP contribution in [0.1, 0.15) is 43.9 Å². The van der Waals surface area contributed by atoms with E-state index in [-0.39, 0.29) is 17.9 Å². The number of carbonyl (C=O) groups excluding carboxylic acids is 1. The van der Waals surface area contributed by atoms with E-state index < -0.39 is 0 Å². The zero-order valence-electron chi connectivity index (χ0n) is 12.8. The van der Waals surface area contributed by atoms with Crippen molar-refractivity contribution in [3.05, 3.63) is 71.8 Å². The molecule has 0 aliphatic heterocycles. The fourth-order valence-corrected chi connectivity index (χ4v) is 2.50. The summed E-state index contributed by atoms with van der Waals surface area (Å²) in [5.74, 6) is 0.166. The highest BCUT2D eigenvalue weighted by molar-refractivity contribution is 5.79. The summed E-state index contributed by atoms with van der Waals surface area (Å²) >= 11 is 0. The van der Waals surface area contributed by atoms with Gasteiger partial charge in [-0.3, -0.25) is 4.79 Å². The first-order valence-electron chi connectivity index (χ1n) is 7.62. The first kappa shape index (κ1) is 15.3. The van der Waals surface area contributed by atoms with E-state index >= 15 is 0 Å². The van der Waals surface area contributed by atoms with E-state index in [9.17, 15) is 4.79 Å². The van der Waals surface area contributed by atoms with E-state index in [1.807, 2.05) is 43.3 Å². The summed E-state index contributed by atoms with van der Waals surface area (Å²) in [4.78, 5) is 12.4. The normalized spacial score (nSPS) is 12.1. The van der Waals surface area contributed by atoms with Gasteiger partial charge in [-0.05, 0) is 17.5 Å². The summed E-state index contributed by atoms with van der Waals surface area (Å²) in [5, 5.41) is 3.20. The second-order valence-electron chi connectivity index (χ2n) is 5.45. The summed E-state index contributed by atoms with van der Waals surface area (Å²) in [6, 6.07) is 20.2. The minimum absolute atomic E-state index is 0.0462. The molecule has 2 rings (SSSR count). The van der Waals surface area contributed by atoms with Crippen molar-refractivity contribution in [2.75, 3.05) is 0 Å². The Bertz CT molecular complexity index is 511. The highest BCUT2D eigenvalue weighted by Gasteiger charge is 2.19. The number of hydrogen-bond acceptors (Lipinski definition) is 1. The lowest BCUT2D eigenvalue weighted by molar-refractivity contribution is -0.125. The van der Waals surface area contributed by atoms with Gasteiger partial charge in [-0.15, -0.1) is 0 Å². The molecule has 21 heavy (non-hydrogen) atoms. The van der Waals surface area contributed by atoms with E-state index in [2.05, 4.69) is 36.5 Å². The van der Waals surface area contributed by atoms with Crippen molar-refractivity contribution in [3.8, 4) is 0 Å². The number of amides is 1. The summed E-state index contributed by atoms with van der Waals surface area (Å²) in [6.45, 7) is 4.10. The molecule has 0 bridgehead atoms. The largest absolute Gasteiger partial charge is 0.345 e. The maximum absolute atomic E-state index is 12.4. The molecule has 0 heterocycles. The molecule has 0 fully saturated rings. The van der Waals surface area contributed by atoms with E-state index in [1.165, 1.54) is 0 Å². The molecule has 0 saturated carbocycles. The molecule has 1 amide bonds. The van der Waals surface area contributed by atoms with Gasteiger partial charge in [0, 0.05) is 5.92 Å². The van der Waals surface area contributed by atoms with Crippen LogP contribution in [0.25, 0.3) is 0 Å². The Morgan fingerprint density at radius 2 is 1.43 bits per heavy atom. The van der Waals surface area contributed by atoms with Crippen LogP contribution in [0, 0.1) is 5.92 Å². The highest BCUT2D eigenvalue weighted by Crippen LogP contribution is 2.22. The van der Waals surface area contributed by atoms with Crippen molar-refractivity contribution in [1.82, 2.24) is 5.32 Å². The Hall–Kier alpha value is -2.09. The van der Waals surface area contributed by atoms with Crippen LogP contribution in [-0.2, 0) is 4.79 Å². The summed E-state index contributed by atoms with van der Waals surface area (Å²) in [7, 11) is 0. The Kier molecular flexibility index (Phi) is 5.56. The van der Waals surface area contributed by atoms with Crippen molar-refractivity contribution in [3.63, 3.8) is 0 Å². The van der Waals surface area contributed by atoms with E-state index in [0.29, 0.717) is 0 Å². The van der Waals surface area contributed by atoms with Gasteiger partial charge >= 0.3 is 0 Å². The molecule has 0 unspecified atom stereocenters. The Morgan fingerprint density at radius 1 is 0.952 bits per heavy atom. The zero-order valence-corrected chi connectivity index (χ0v) is 12.8. The lowest BCUT2D eigenvalue weighted by atomic mass is 9.97. The summed E-state index contributed by atoms with van der Waals surface area (Å²) in [5.41, 5.74) is 2.22. The molecule has 0 spiro atoms. The van der Waals surface area contributed by atoms with Gasteiger partial charge in [0.2, 0.25) is 5.91 Å². The smallest absolute Gasteiger partial charge is 0.223 e. The first-order valence-corrected chi connectivity index (χ1v) is 7.62. The standard InChI is InChI=1S/C19H23NO/c1-3-10-15(2)19(21)20-18(16-11-6-4-7-12-16)17-13-8-5-9-14-17/h4-9,11-15,18H,3,10H2,1-2H3,(H,20,21)/t15-/m1/s1. The van der Waals surface area contributed by atoms with Crippen molar-refractivity contribution in [2.24, 2.45) is 5.92 Å². The second kappa shape index (κ2) is 7.63. The number of carbonyl (C=O) groups is 1. The van der Waals surface area contributed by atoms with Gasteiger partial charge in [0.25, 0.3) is 0 Å². The fourth-order valence-electron chi connectivity index (χ4n) is 2.50.